The molecule has 0 radical (unpaired) electrons. The molecule has 0 aliphatic rings. The number of nitrogens with two attached hydrogens (primary N) is 1. The van der Waals surface area contributed by atoms with Crippen LogP contribution in [0.4, 0.5) is 5.69 Å². The number of aromatic nitrogens is 1. The minimum Gasteiger partial charge on any atom is -0.490 e. The first-order valence-corrected chi connectivity index (χ1v) is 5.85. The quantitative estimate of drug-likeness (QED) is 0.626. The Balaban J connectivity index is 1.75. The summed E-state index contributed by atoms with van der Waals surface area (Å²) < 4.78 is 10.3. The second-order valence-electron chi connectivity index (χ2n) is 3.96. The summed E-state index contributed by atoms with van der Waals surface area (Å²) >= 11 is 0. The molecule has 0 unspecified atom stereocenters. The molecule has 6 nitrogen and oxygen atoms in total. The fraction of sp³-hybridized carbons (Fsp3) is 0.231. The van der Waals surface area contributed by atoms with Crippen molar-refractivity contribution in [3.63, 3.8) is 0 Å². The predicted molar refractivity (Wildman–Crippen MR) is 69.9 cm³/mol. The normalized spacial score (nSPS) is 10.2. The lowest BCUT2D eigenvalue weighted by Gasteiger charge is -2.08. The van der Waals surface area contributed by atoms with Gasteiger partial charge in [-0.1, -0.05) is 17.3 Å². The number of hydrogen-bond acceptors (Lipinski definition) is 5. The first-order valence-electron chi connectivity index (χ1n) is 5.85. The topological polar surface area (TPSA) is 90.4 Å². The molecule has 0 spiro atoms. The molecule has 3 N–H and O–H groups in total. The van der Waals surface area contributed by atoms with Crippen LogP contribution in [0.5, 0.6) is 5.75 Å². The molecule has 0 saturated heterocycles. The van der Waals surface area contributed by atoms with Gasteiger partial charge in [0.2, 0.25) is 0 Å². The highest BCUT2D eigenvalue weighted by Crippen LogP contribution is 2.19. The first-order chi connectivity index (χ1) is 9.16. The van der Waals surface area contributed by atoms with Gasteiger partial charge in [-0.25, -0.2) is 0 Å². The van der Waals surface area contributed by atoms with Crippen molar-refractivity contribution in [2.75, 3.05) is 18.9 Å². The van der Waals surface area contributed by atoms with Gasteiger partial charge in [-0.3, -0.25) is 4.79 Å². The van der Waals surface area contributed by atoms with Crippen molar-refractivity contribution in [2.45, 2.75) is 6.92 Å². The SMILES string of the molecule is Cc1cc(C(=O)NCCOc2ccccc2N)no1. The Bertz CT molecular complexity index is 566. The molecule has 0 fully saturated rings. The largest absolute Gasteiger partial charge is 0.490 e. The summed E-state index contributed by atoms with van der Waals surface area (Å²) in [4.78, 5) is 11.6. The van der Waals surface area contributed by atoms with Gasteiger partial charge in [0.05, 0.1) is 12.2 Å². The molecule has 0 bridgehead atoms. The zero-order valence-electron chi connectivity index (χ0n) is 10.6. The lowest BCUT2D eigenvalue weighted by Crippen LogP contribution is -2.28. The average Bonchev–Trinajstić information content (AvgIpc) is 2.83. The molecular formula is C13H15N3O3. The molecule has 2 aromatic rings. The Labute approximate surface area is 110 Å². The van der Waals surface area contributed by atoms with Crippen molar-refractivity contribution in [1.29, 1.82) is 0 Å². The summed E-state index contributed by atoms with van der Waals surface area (Å²) in [6.45, 7) is 2.42. The van der Waals surface area contributed by atoms with E-state index in [1.807, 2.05) is 12.1 Å². The molecule has 0 atom stereocenters. The van der Waals surface area contributed by atoms with E-state index in [9.17, 15) is 4.79 Å². The Hall–Kier alpha value is -2.50. The number of para-hydroxylation sites is 2. The molecule has 1 aromatic carbocycles. The van der Waals surface area contributed by atoms with Crippen LogP contribution in [-0.2, 0) is 0 Å². The third-order valence-corrected chi connectivity index (χ3v) is 2.42. The number of carbonyl (C=O) groups excluding carboxylic acids is 1. The number of anilines is 1. The predicted octanol–water partition coefficient (Wildman–Crippen LogP) is 1.37. The first kappa shape index (κ1) is 12.9. The van der Waals surface area contributed by atoms with Crippen molar-refractivity contribution in [1.82, 2.24) is 10.5 Å². The van der Waals surface area contributed by atoms with Gasteiger partial charge in [-0.05, 0) is 19.1 Å². The van der Waals surface area contributed by atoms with Crippen molar-refractivity contribution in [2.24, 2.45) is 0 Å². The zero-order chi connectivity index (χ0) is 13.7. The van der Waals surface area contributed by atoms with Gasteiger partial charge in [0.25, 0.3) is 5.91 Å². The van der Waals surface area contributed by atoms with E-state index in [2.05, 4.69) is 10.5 Å². The van der Waals surface area contributed by atoms with Crippen LogP contribution in [0.2, 0.25) is 0 Å². The summed E-state index contributed by atoms with van der Waals surface area (Å²) in [6, 6.07) is 8.77. The minimum absolute atomic E-state index is 0.261. The molecule has 0 aliphatic heterocycles. The Morgan fingerprint density at radius 3 is 2.95 bits per heavy atom. The fourth-order valence-corrected chi connectivity index (χ4v) is 1.50. The molecule has 6 heteroatoms. The smallest absolute Gasteiger partial charge is 0.273 e. The van der Waals surface area contributed by atoms with Crippen molar-refractivity contribution >= 4 is 11.6 Å². The Morgan fingerprint density at radius 2 is 2.26 bits per heavy atom. The van der Waals surface area contributed by atoms with Crippen LogP contribution in [-0.4, -0.2) is 24.2 Å². The van der Waals surface area contributed by atoms with Crippen LogP contribution in [0.15, 0.2) is 34.9 Å². The van der Waals surface area contributed by atoms with Gasteiger partial charge in [-0.15, -0.1) is 0 Å². The monoisotopic (exact) mass is 261 g/mol. The number of nitrogen functional groups attached to an aromatic ring is 1. The third-order valence-electron chi connectivity index (χ3n) is 2.42. The highest BCUT2D eigenvalue weighted by molar-refractivity contribution is 5.92. The van der Waals surface area contributed by atoms with E-state index in [0.717, 1.165) is 0 Å². The standard InChI is InChI=1S/C13H15N3O3/c1-9-8-11(16-19-9)13(17)15-6-7-18-12-5-3-2-4-10(12)14/h2-5,8H,6-7,14H2,1H3,(H,15,17). The van der Waals surface area contributed by atoms with Gasteiger partial charge >= 0.3 is 0 Å². The van der Waals surface area contributed by atoms with E-state index in [1.165, 1.54) is 0 Å². The van der Waals surface area contributed by atoms with Crippen LogP contribution in [0, 0.1) is 6.92 Å². The van der Waals surface area contributed by atoms with Gasteiger partial charge in [0.1, 0.15) is 18.1 Å². The fourth-order valence-electron chi connectivity index (χ4n) is 1.50. The average molecular weight is 261 g/mol. The number of carbonyl (C=O) groups is 1. The van der Waals surface area contributed by atoms with E-state index in [0.29, 0.717) is 30.3 Å². The highest BCUT2D eigenvalue weighted by Gasteiger charge is 2.09. The molecular weight excluding hydrogens is 246 g/mol. The maximum absolute atomic E-state index is 11.6. The number of ether oxygens (including phenoxy) is 1. The lowest BCUT2D eigenvalue weighted by atomic mass is 10.3. The summed E-state index contributed by atoms with van der Waals surface area (Å²) in [5, 5.41) is 6.29. The molecule has 1 amide bonds. The third kappa shape index (κ3) is 3.48. The lowest BCUT2D eigenvalue weighted by molar-refractivity contribution is 0.0938. The molecule has 1 aromatic heterocycles. The second-order valence-corrected chi connectivity index (χ2v) is 3.96. The molecule has 19 heavy (non-hydrogen) atoms. The van der Waals surface area contributed by atoms with Crippen LogP contribution >= 0.6 is 0 Å². The Kier molecular flexibility index (Phi) is 4.02. The number of amides is 1. The van der Waals surface area contributed by atoms with Gasteiger partial charge in [0, 0.05) is 6.07 Å². The van der Waals surface area contributed by atoms with Crippen molar-refractivity contribution < 1.29 is 14.1 Å². The van der Waals surface area contributed by atoms with E-state index < -0.39 is 0 Å². The molecule has 0 aliphatic carbocycles. The summed E-state index contributed by atoms with van der Waals surface area (Å²) in [6.07, 6.45) is 0. The van der Waals surface area contributed by atoms with Crippen molar-refractivity contribution in [3.05, 3.63) is 41.8 Å². The van der Waals surface area contributed by atoms with Crippen LogP contribution in [0.1, 0.15) is 16.2 Å². The number of rotatable bonds is 5. The summed E-state index contributed by atoms with van der Waals surface area (Å²) in [5.41, 5.74) is 6.55. The van der Waals surface area contributed by atoms with E-state index in [4.69, 9.17) is 15.0 Å². The maximum Gasteiger partial charge on any atom is 0.273 e. The number of aryl methyl sites for hydroxylation is 1. The maximum atomic E-state index is 11.6. The number of hydrogen-bond donors (Lipinski definition) is 2. The number of benzene rings is 1. The van der Waals surface area contributed by atoms with Gasteiger partial charge in [-0.2, -0.15) is 0 Å². The van der Waals surface area contributed by atoms with Crippen LogP contribution < -0.4 is 15.8 Å². The van der Waals surface area contributed by atoms with Crippen LogP contribution in [0.25, 0.3) is 0 Å². The number of nitrogens with one attached hydrogen (secondary N) is 1. The molecule has 0 saturated carbocycles. The van der Waals surface area contributed by atoms with Gasteiger partial charge < -0.3 is 20.3 Å². The second kappa shape index (κ2) is 5.90. The van der Waals surface area contributed by atoms with Gasteiger partial charge in [0.15, 0.2) is 5.69 Å². The van der Waals surface area contributed by atoms with E-state index in [1.54, 1.807) is 25.1 Å². The van der Waals surface area contributed by atoms with E-state index in [-0.39, 0.29) is 11.6 Å². The molecule has 2 rings (SSSR count). The summed E-state index contributed by atoms with van der Waals surface area (Å²) in [5.74, 6) is 0.911. The minimum atomic E-state index is -0.290. The van der Waals surface area contributed by atoms with E-state index >= 15 is 0 Å². The zero-order valence-corrected chi connectivity index (χ0v) is 10.6. The Morgan fingerprint density at radius 1 is 1.47 bits per heavy atom. The molecule has 100 valence electrons. The van der Waals surface area contributed by atoms with Crippen LogP contribution in [0.3, 0.4) is 0 Å². The summed E-state index contributed by atoms with van der Waals surface area (Å²) in [7, 11) is 0. The molecule has 1 heterocycles. The highest BCUT2D eigenvalue weighted by atomic mass is 16.5. The van der Waals surface area contributed by atoms with Crippen molar-refractivity contribution in [3.8, 4) is 5.75 Å². The number of nitrogens with zero attached hydrogens (tertiary/aromatic N) is 1.